The van der Waals surface area contributed by atoms with Crippen molar-refractivity contribution in [2.24, 2.45) is 0 Å². The Hall–Kier alpha value is -3.86. The number of carbonyl (C=O) groups excluding carboxylic acids is 1. The zero-order chi connectivity index (χ0) is 27.7. The molecule has 0 spiro atoms. The summed E-state index contributed by atoms with van der Waals surface area (Å²) >= 11 is 5.98. The summed E-state index contributed by atoms with van der Waals surface area (Å²) in [6.07, 6.45) is 0.767. The molecule has 0 aliphatic carbocycles. The van der Waals surface area contributed by atoms with Crippen LogP contribution in [0.15, 0.2) is 52.1 Å². The van der Waals surface area contributed by atoms with Gasteiger partial charge in [-0.15, -0.1) is 0 Å². The van der Waals surface area contributed by atoms with E-state index in [4.69, 9.17) is 21.1 Å². The summed E-state index contributed by atoms with van der Waals surface area (Å²) < 4.78 is 27.2. The highest BCUT2D eigenvalue weighted by Gasteiger charge is 2.16. The van der Waals surface area contributed by atoms with Crippen LogP contribution < -0.4 is 26.7 Å². The minimum atomic E-state index is -0.828. The Kier molecular flexibility index (Phi) is 10.3. The van der Waals surface area contributed by atoms with E-state index in [1.54, 1.807) is 44.2 Å². The first-order chi connectivity index (χ1) is 18.2. The molecule has 0 bridgehead atoms. The van der Waals surface area contributed by atoms with Crippen LogP contribution in [0.5, 0.6) is 5.75 Å². The Bertz CT molecular complexity index is 1360. The molecule has 0 aliphatic rings. The van der Waals surface area contributed by atoms with Gasteiger partial charge in [-0.25, -0.2) is 23.3 Å². The molecule has 1 amide bonds. The van der Waals surface area contributed by atoms with Crippen molar-refractivity contribution < 1.29 is 18.7 Å². The normalized spacial score (nSPS) is 10.9. The minimum Gasteiger partial charge on any atom is -0.488 e. The Balaban J connectivity index is 1.89. The molecule has 38 heavy (non-hydrogen) atoms. The average Bonchev–Trinajstić information content (AvgIpc) is 2.86. The topological polar surface area (TPSA) is 116 Å². The number of alkyl carbamates (subject to hydrolysis) is 1. The van der Waals surface area contributed by atoms with Gasteiger partial charge in [0, 0.05) is 29.9 Å². The van der Waals surface area contributed by atoms with Crippen LogP contribution >= 0.6 is 11.6 Å². The number of benzene rings is 2. The number of ether oxygens (including phenoxy) is 2. The summed E-state index contributed by atoms with van der Waals surface area (Å²) in [6, 6.07) is 11.0. The predicted octanol–water partition coefficient (Wildman–Crippen LogP) is 4.30. The number of anilines is 2. The molecule has 2 N–H and O–H groups in total. The summed E-state index contributed by atoms with van der Waals surface area (Å²) in [5.74, 6) is -0.608. The van der Waals surface area contributed by atoms with Gasteiger partial charge >= 0.3 is 17.5 Å². The van der Waals surface area contributed by atoms with Gasteiger partial charge in [0.25, 0.3) is 0 Å². The monoisotopic (exact) mass is 547 g/mol. The number of halogens is 2. The van der Waals surface area contributed by atoms with E-state index in [9.17, 15) is 18.8 Å². The Morgan fingerprint density at radius 1 is 1.13 bits per heavy atom. The molecule has 10 nitrogen and oxygen atoms in total. The highest BCUT2D eigenvalue weighted by atomic mass is 35.5. The molecule has 0 fully saturated rings. The van der Waals surface area contributed by atoms with E-state index < -0.39 is 23.3 Å². The van der Waals surface area contributed by atoms with Crippen molar-refractivity contribution >= 4 is 29.3 Å². The number of nitrogens with zero attached hydrogens (tertiary/aromatic N) is 3. The lowest BCUT2D eigenvalue weighted by Gasteiger charge is -2.17. The molecule has 0 saturated carbocycles. The van der Waals surface area contributed by atoms with Gasteiger partial charge in [0.1, 0.15) is 0 Å². The second-order valence-electron chi connectivity index (χ2n) is 8.72. The summed E-state index contributed by atoms with van der Waals surface area (Å²) in [6.45, 7) is 5.73. The minimum absolute atomic E-state index is 0.0158. The SMILES string of the molecule is CCCCOC(=O)NCCn1c(=O)nc(Nc2ccc(OC(C)C)c(F)c2)n(Cc2ccc(Cl)cc2)c1=O. The molecule has 0 radical (unpaired) electrons. The van der Waals surface area contributed by atoms with Crippen molar-refractivity contribution in [3.05, 3.63) is 79.8 Å². The summed E-state index contributed by atoms with van der Waals surface area (Å²) in [4.78, 5) is 42.0. The highest BCUT2D eigenvalue weighted by molar-refractivity contribution is 6.30. The Morgan fingerprint density at radius 3 is 2.53 bits per heavy atom. The maximum absolute atomic E-state index is 14.5. The summed E-state index contributed by atoms with van der Waals surface area (Å²) in [5, 5.41) is 5.91. The molecule has 0 saturated heterocycles. The van der Waals surface area contributed by atoms with Crippen LogP contribution in [0.25, 0.3) is 0 Å². The van der Waals surface area contributed by atoms with Crippen LogP contribution in [0, 0.1) is 5.82 Å². The zero-order valence-electron chi connectivity index (χ0n) is 21.5. The van der Waals surface area contributed by atoms with Crippen LogP contribution in [0.4, 0.5) is 20.8 Å². The molecule has 1 aromatic heterocycles. The third-order valence-corrected chi connectivity index (χ3v) is 5.54. The average molecular weight is 548 g/mol. The van der Waals surface area contributed by atoms with Crippen molar-refractivity contribution in [3.63, 3.8) is 0 Å². The molecule has 0 unspecified atom stereocenters. The number of carbonyl (C=O) groups is 1. The van der Waals surface area contributed by atoms with Crippen LogP contribution in [-0.4, -0.2) is 39.5 Å². The number of rotatable bonds is 12. The smallest absolute Gasteiger partial charge is 0.407 e. The highest BCUT2D eigenvalue weighted by Crippen LogP contribution is 2.24. The molecule has 12 heteroatoms. The first-order valence-electron chi connectivity index (χ1n) is 12.3. The predicted molar refractivity (Wildman–Crippen MR) is 143 cm³/mol. The number of aromatic nitrogens is 3. The second kappa shape index (κ2) is 13.6. The van der Waals surface area contributed by atoms with Crippen molar-refractivity contribution in [3.8, 4) is 5.75 Å². The van der Waals surface area contributed by atoms with Gasteiger partial charge in [-0.1, -0.05) is 37.1 Å². The van der Waals surface area contributed by atoms with E-state index in [2.05, 4.69) is 15.6 Å². The second-order valence-corrected chi connectivity index (χ2v) is 9.15. The van der Waals surface area contributed by atoms with Gasteiger partial charge < -0.3 is 20.1 Å². The first-order valence-corrected chi connectivity index (χ1v) is 12.7. The standard InChI is InChI=1S/C26H31ClFN5O5/c1-4-5-14-37-25(35)29-12-13-32-24(34)31-23(30-20-10-11-22(21(28)15-20)38-17(2)3)33(26(32)36)16-18-6-8-19(27)9-7-18/h6-11,15,17H,4-5,12-14,16H2,1-3H3,(H,29,35)(H,30,31,34). The fraction of sp³-hybridized carbons (Fsp3) is 0.385. The lowest BCUT2D eigenvalue weighted by molar-refractivity contribution is 0.144. The van der Waals surface area contributed by atoms with Crippen LogP contribution in [0.1, 0.15) is 39.2 Å². The molecular formula is C26H31ClFN5O5. The molecule has 3 aromatic rings. The van der Waals surface area contributed by atoms with Crippen LogP contribution in [0.3, 0.4) is 0 Å². The lowest BCUT2D eigenvalue weighted by Crippen LogP contribution is -2.44. The molecule has 0 aliphatic heterocycles. The fourth-order valence-electron chi connectivity index (χ4n) is 3.42. The van der Waals surface area contributed by atoms with E-state index in [0.29, 0.717) is 5.02 Å². The molecular weight excluding hydrogens is 517 g/mol. The third kappa shape index (κ3) is 8.07. The van der Waals surface area contributed by atoms with E-state index in [1.807, 2.05) is 6.92 Å². The van der Waals surface area contributed by atoms with E-state index in [-0.39, 0.29) is 49.7 Å². The van der Waals surface area contributed by atoms with Crippen molar-refractivity contribution in [2.45, 2.75) is 52.8 Å². The first kappa shape index (κ1) is 28.7. The largest absolute Gasteiger partial charge is 0.488 e. The van der Waals surface area contributed by atoms with Crippen molar-refractivity contribution in [2.75, 3.05) is 18.5 Å². The van der Waals surface area contributed by atoms with Gasteiger partial charge in [0.2, 0.25) is 5.95 Å². The molecule has 0 atom stereocenters. The number of nitrogens with one attached hydrogen (secondary N) is 2. The maximum Gasteiger partial charge on any atom is 0.407 e. The molecule has 1 heterocycles. The fourth-order valence-corrected chi connectivity index (χ4v) is 3.54. The third-order valence-electron chi connectivity index (χ3n) is 5.29. The van der Waals surface area contributed by atoms with Gasteiger partial charge in [-0.2, -0.15) is 4.98 Å². The van der Waals surface area contributed by atoms with Crippen molar-refractivity contribution in [1.29, 1.82) is 0 Å². The van der Waals surface area contributed by atoms with Gasteiger partial charge in [-0.05, 0) is 50.1 Å². The number of amides is 1. The molecule has 2 aromatic carbocycles. The number of hydrogen-bond donors (Lipinski definition) is 2. The van der Waals surface area contributed by atoms with Gasteiger partial charge in [0.15, 0.2) is 11.6 Å². The quantitative estimate of drug-likeness (QED) is 0.325. The number of unbranched alkanes of at least 4 members (excludes halogenated alkanes) is 1. The molecule has 3 rings (SSSR count). The summed E-state index contributed by atoms with van der Waals surface area (Å²) in [5.41, 5.74) is -0.505. The maximum atomic E-state index is 14.5. The number of hydrogen-bond acceptors (Lipinski definition) is 7. The Morgan fingerprint density at radius 2 is 1.87 bits per heavy atom. The lowest BCUT2D eigenvalue weighted by atomic mass is 10.2. The van der Waals surface area contributed by atoms with Gasteiger partial charge in [0.05, 0.1) is 19.3 Å². The van der Waals surface area contributed by atoms with Crippen molar-refractivity contribution in [1.82, 2.24) is 19.4 Å². The van der Waals surface area contributed by atoms with E-state index >= 15 is 0 Å². The zero-order valence-corrected chi connectivity index (χ0v) is 22.3. The van der Waals surface area contributed by atoms with Crippen LogP contribution in [0.2, 0.25) is 5.02 Å². The van der Waals surface area contributed by atoms with Gasteiger partial charge in [-0.3, -0.25) is 4.57 Å². The van der Waals surface area contributed by atoms with Crippen LogP contribution in [-0.2, 0) is 17.8 Å². The van der Waals surface area contributed by atoms with E-state index in [1.165, 1.54) is 16.7 Å². The van der Waals surface area contributed by atoms with E-state index in [0.717, 1.165) is 23.0 Å². The molecule has 204 valence electrons. The summed E-state index contributed by atoms with van der Waals surface area (Å²) in [7, 11) is 0. The Labute approximate surface area is 224 Å².